The van der Waals surface area contributed by atoms with Crippen LogP contribution in [0, 0.1) is 0 Å². The molecule has 1 aromatic rings. The number of hydrogen-bond donors (Lipinski definition) is 2. The maximum absolute atomic E-state index is 11.2. The van der Waals surface area contributed by atoms with Crippen molar-refractivity contribution in [2.45, 2.75) is 25.7 Å². The molecule has 1 fully saturated rings. The molecule has 0 saturated carbocycles. The van der Waals surface area contributed by atoms with Gasteiger partial charge in [-0.25, -0.2) is 4.98 Å². The van der Waals surface area contributed by atoms with Gasteiger partial charge in [0, 0.05) is 13.1 Å². The molecule has 1 saturated heterocycles. The summed E-state index contributed by atoms with van der Waals surface area (Å²) in [6.07, 6.45) is 6.36. The Morgan fingerprint density at radius 3 is 2.47 bits per heavy atom. The number of aromatic nitrogens is 1. The first kappa shape index (κ1) is 11.7. The van der Waals surface area contributed by atoms with Crippen LogP contribution in [0.2, 0.25) is 0 Å². The number of rotatable bonds is 2. The summed E-state index contributed by atoms with van der Waals surface area (Å²) in [5, 5.41) is 0. The largest absolute Gasteiger partial charge is 0.397 e. The van der Waals surface area contributed by atoms with Crippen molar-refractivity contribution in [1.82, 2.24) is 4.98 Å². The van der Waals surface area contributed by atoms with E-state index in [1.807, 2.05) is 0 Å². The number of carbonyl (C=O) groups is 1. The van der Waals surface area contributed by atoms with E-state index in [0.29, 0.717) is 11.3 Å². The number of nitrogen functional groups attached to an aromatic ring is 1. The van der Waals surface area contributed by atoms with Crippen LogP contribution in [0.3, 0.4) is 0 Å². The zero-order valence-corrected chi connectivity index (χ0v) is 9.85. The first-order valence-electron chi connectivity index (χ1n) is 5.99. The van der Waals surface area contributed by atoms with Crippen molar-refractivity contribution in [2.75, 3.05) is 23.7 Å². The zero-order chi connectivity index (χ0) is 12.3. The maximum Gasteiger partial charge on any atom is 0.250 e. The van der Waals surface area contributed by atoms with Crippen molar-refractivity contribution < 1.29 is 4.79 Å². The Labute approximate surface area is 101 Å². The van der Waals surface area contributed by atoms with Gasteiger partial charge in [-0.05, 0) is 18.9 Å². The number of nitrogens with two attached hydrogens (primary N) is 2. The lowest BCUT2D eigenvalue weighted by Crippen LogP contribution is -2.25. The van der Waals surface area contributed by atoms with E-state index < -0.39 is 5.91 Å². The minimum atomic E-state index is -0.499. The van der Waals surface area contributed by atoms with Crippen LogP contribution in [-0.2, 0) is 0 Å². The molecular formula is C12H18N4O. The monoisotopic (exact) mass is 234 g/mol. The zero-order valence-electron chi connectivity index (χ0n) is 9.85. The first-order chi connectivity index (χ1) is 8.18. The minimum Gasteiger partial charge on any atom is -0.397 e. The first-order valence-corrected chi connectivity index (χ1v) is 5.99. The van der Waals surface area contributed by atoms with Crippen molar-refractivity contribution in [3.63, 3.8) is 0 Å². The van der Waals surface area contributed by atoms with Gasteiger partial charge in [-0.15, -0.1) is 0 Å². The fourth-order valence-electron chi connectivity index (χ4n) is 2.14. The fourth-order valence-corrected chi connectivity index (χ4v) is 2.14. The predicted octanol–water partition coefficient (Wildman–Crippen LogP) is 1.14. The summed E-state index contributed by atoms with van der Waals surface area (Å²) in [4.78, 5) is 17.7. The molecule has 1 aliphatic rings. The molecule has 1 aromatic heterocycles. The fraction of sp³-hybridized carbons (Fsp3) is 0.500. The quantitative estimate of drug-likeness (QED) is 0.803. The number of hydrogen-bond acceptors (Lipinski definition) is 4. The standard InChI is InChI=1S/C12H18N4O/c13-10-8-15-11(7-9(10)12(14)17)16-5-3-1-2-4-6-16/h7-8H,1-6,13H2,(H2,14,17). The number of primary amides is 1. The van der Waals surface area contributed by atoms with E-state index in [4.69, 9.17) is 11.5 Å². The van der Waals surface area contributed by atoms with Crippen LogP contribution in [0.15, 0.2) is 12.3 Å². The minimum absolute atomic E-state index is 0.344. The molecule has 2 heterocycles. The van der Waals surface area contributed by atoms with E-state index in [0.717, 1.165) is 31.7 Å². The third-order valence-electron chi connectivity index (χ3n) is 3.12. The second kappa shape index (κ2) is 5.03. The molecule has 5 nitrogen and oxygen atoms in total. The highest BCUT2D eigenvalue weighted by molar-refractivity contribution is 5.98. The number of anilines is 2. The molecule has 2 rings (SSSR count). The van der Waals surface area contributed by atoms with Crippen LogP contribution in [-0.4, -0.2) is 24.0 Å². The van der Waals surface area contributed by atoms with Gasteiger partial charge in [-0.3, -0.25) is 4.79 Å². The lowest BCUT2D eigenvalue weighted by molar-refractivity contribution is 0.100. The highest BCUT2D eigenvalue weighted by Gasteiger charge is 2.14. The van der Waals surface area contributed by atoms with Crippen molar-refractivity contribution in [2.24, 2.45) is 5.73 Å². The number of carbonyl (C=O) groups excluding carboxylic acids is 1. The summed E-state index contributed by atoms with van der Waals surface area (Å²) >= 11 is 0. The van der Waals surface area contributed by atoms with Gasteiger partial charge < -0.3 is 16.4 Å². The topological polar surface area (TPSA) is 85.2 Å². The van der Waals surface area contributed by atoms with Crippen LogP contribution < -0.4 is 16.4 Å². The Morgan fingerprint density at radius 1 is 1.24 bits per heavy atom. The SMILES string of the molecule is NC(=O)c1cc(N2CCCCCC2)ncc1N. The van der Waals surface area contributed by atoms with Gasteiger partial charge in [-0.2, -0.15) is 0 Å². The summed E-state index contributed by atoms with van der Waals surface area (Å²) in [5.74, 6) is 0.302. The Balaban J connectivity index is 2.25. The van der Waals surface area contributed by atoms with E-state index >= 15 is 0 Å². The van der Waals surface area contributed by atoms with Gasteiger partial charge in [-0.1, -0.05) is 12.8 Å². The van der Waals surface area contributed by atoms with E-state index in [2.05, 4.69) is 9.88 Å². The van der Waals surface area contributed by atoms with Crippen LogP contribution in [0.5, 0.6) is 0 Å². The Kier molecular flexibility index (Phi) is 3.46. The summed E-state index contributed by atoms with van der Waals surface area (Å²) < 4.78 is 0. The summed E-state index contributed by atoms with van der Waals surface area (Å²) in [6.45, 7) is 1.96. The molecule has 0 radical (unpaired) electrons. The van der Waals surface area contributed by atoms with E-state index in [1.165, 1.54) is 19.0 Å². The smallest absolute Gasteiger partial charge is 0.250 e. The third-order valence-corrected chi connectivity index (χ3v) is 3.12. The normalized spacial score (nSPS) is 16.6. The number of nitrogens with zero attached hydrogens (tertiary/aromatic N) is 2. The van der Waals surface area contributed by atoms with Crippen molar-refractivity contribution in [3.8, 4) is 0 Å². The molecule has 0 unspecified atom stereocenters. The Morgan fingerprint density at radius 2 is 1.88 bits per heavy atom. The molecule has 1 amide bonds. The van der Waals surface area contributed by atoms with Crippen LogP contribution in [0.4, 0.5) is 11.5 Å². The molecule has 0 spiro atoms. The highest BCUT2D eigenvalue weighted by Crippen LogP contribution is 2.20. The van der Waals surface area contributed by atoms with Crippen LogP contribution in [0.25, 0.3) is 0 Å². The van der Waals surface area contributed by atoms with Gasteiger partial charge in [0.15, 0.2) is 0 Å². The Hall–Kier alpha value is -1.78. The number of pyridine rings is 1. The average molecular weight is 234 g/mol. The second-order valence-corrected chi connectivity index (χ2v) is 4.40. The average Bonchev–Trinajstić information content (AvgIpc) is 2.58. The summed E-state index contributed by atoms with van der Waals surface area (Å²) in [5.41, 5.74) is 11.7. The molecule has 4 N–H and O–H groups in total. The molecule has 0 atom stereocenters. The third kappa shape index (κ3) is 2.67. The lowest BCUT2D eigenvalue weighted by atomic mass is 10.2. The van der Waals surface area contributed by atoms with E-state index in [1.54, 1.807) is 6.07 Å². The molecule has 0 aliphatic carbocycles. The predicted molar refractivity (Wildman–Crippen MR) is 67.8 cm³/mol. The summed E-state index contributed by atoms with van der Waals surface area (Å²) in [6, 6.07) is 1.70. The van der Waals surface area contributed by atoms with Crippen molar-refractivity contribution in [1.29, 1.82) is 0 Å². The van der Waals surface area contributed by atoms with Crippen molar-refractivity contribution >= 4 is 17.4 Å². The molecule has 0 aromatic carbocycles. The van der Waals surface area contributed by atoms with Crippen LogP contribution >= 0.6 is 0 Å². The summed E-state index contributed by atoms with van der Waals surface area (Å²) in [7, 11) is 0. The molecule has 0 bridgehead atoms. The number of amides is 1. The van der Waals surface area contributed by atoms with E-state index in [-0.39, 0.29) is 0 Å². The van der Waals surface area contributed by atoms with Gasteiger partial charge in [0.05, 0.1) is 17.4 Å². The van der Waals surface area contributed by atoms with Gasteiger partial charge >= 0.3 is 0 Å². The maximum atomic E-state index is 11.2. The van der Waals surface area contributed by atoms with Crippen LogP contribution in [0.1, 0.15) is 36.0 Å². The lowest BCUT2D eigenvalue weighted by Gasteiger charge is -2.21. The highest BCUT2D eigenvalue weighted by atomic mass is 16.1. The molecule has 5 heteroatoms. The molecule has 92 valence electrons. The molecular weight excluding hydrogens is 216 g/mol. The van der Waals surface area contributed by atoms with Gasteiger partial charge in [0.2, 0.25) is 0 Å². The van der Waals surface area contributed by atoms with Crippen molar-refractivity contribution in [3.05, 3.63) is 17.8 Å². The Bertz CT molecular complexity index is 411. The van der Waals surface area contributed by atoms with Gasteiger partial charge in [0.25, 0.3) is 5.91 Å². The molecule has 1 aliphatic heterocycles. The second-order valence-electron chi connectivity index (χ2n) is 4.40. The molecule has 17 heavy (non-hydrogen) atoms. The van der Waals surface area contributed by atoms with E-state index in [9.17, 15) is 4.79 Å². The van der Waals surface area contributed by atoms with Gasteiger partial charge in [0.1, 0.15) is 5.82 Å².